The van der Waals surface area contributed by atoms with Gasteiger partial charge in [-0.15, -0.1) is 0 Å². The van der Waals surface area contributed by atoms with Crippen LogP contribution in [0.15, 0.2) is 37.4 Å². The van der Waals surface area contributed by atoms with Crippen molar-refractivity contribution < 1.29 is 9.59 Å². The molecule has 29 heavy (non-hydrogen) atoms. The van der Waals surface area contributed by atoms with Crippen LogP contribution in [0.25, 0.3) is 0 Å². The molecule has 4 rings (SSSR count). The highest BCUT2D eigenvalue weighted by Crippen LogP contribution is 2.39. The lowest BCUT2D eigenvalue weighted by molar-refractivity contribution is 0.0959. The molecule has 1 aliphatic carbocycles. The molecule has 2 amide bonds. The number of carbonyl (C=O) groups excluding carboxylic acids is 2. The van der Waals surface area contributed by atoms with Crippen LogP contribution in [0.3, 0.4) is 0 Å². The minimum atomic E-state index is -0.542. The van der Waals surface area contributed by atoms with E-state index in [1.807, 2.05) is 0 Å². The van der Waals surface area contributed by atoms with Gasteiger partial charge in [0.15, 0.2) is 17.2 Å². The maximum Gasteiger partial charge on any atom is 0.278 e. The SMILES string of the molecule is CNC(=O)c1ncncc1NC(=O)c1nc(C2CC2)cnc1Nc1cncnc1. The Labute approximate surface area is 165 Å². The van der Waals surface area contributed by atoms with Gasteiger partial charge in [-0.3, -0.25) is 9.59 Å². The Morgan fingerprint density at radius 1 is 0.931 bits per heavy atom. The number of rotatable bonds is 6. The first-order valence-corrected chi connectivity index (χ1v) is 8.88. The van der Waals surface area contributed by atoms with Gasteiger partial charge in [0, 0.05) is 13.0 Å². The summed E-state index contributed by atoms with van der Waals surface area (Å²) in [4.78, 5) is 49.6. The van der Waals surface area contributed by atoms with Crippen molar-refractivity contribution in [1.82, 2.24) is 35.2 Å². The average molecular weight is 391 g/mol. The fourth-order valence-corrected chi connectivity index (χ4v) is 2.63. The Kier molecular flexibility index (Phi) is 5.01. The number of nitrogens with zero attached hydrogens (tertiary/aromatic N) is 6. The molecule has 0 aliphatic heterocycles. The lowest BCUT2D eigenvalue weighted by Gasteiger charge is -2.12. The fraction of sp³-hybridized carbons (Fsp3) is 0.222. The Bertz CT molecular complexity index is 1050. The average Bonchev–Trinajstić information content (AvgIpc) is 3.60. The van der Waals surface area contributed by atoms with Gasteiger partial charge in [-0.05, 0) is 12.8 Å². The molecule has 0 atom stereocenters. The summed E-state index contributed by atoms with van der Waals surface area (Å²) in [6, 6.07) is 0. The second-order valence-electron chi connectivity index (χ2n) is 6.34. The van der Waals surface area contributed by atoms with Crippen LogP contribution in [0.5, 0.6) is 0 Å². The Hall–Kier alpha value is -4.02. The van der Waals surface area contributed by atoms with Crippen molar-refractivity contribution in [3.8, 4) is 0 Å². The third-order valence-corrected chi connectivity index (χ3v) is 4.23. The molecule has 146 valence electrons. The summed E-state index contributed by atoms with van der Waals surface area (Å²) in [6.45, 7) is 0. The monoisotopic (exact) mass is 391 g/mol. The summed E-state index contributed by atoms with van der Waals surface area (Å²) < 4.78 is 0. The molecule has 11 nitrogen and oxygen atoms in total. The predicted molar refractivity (Wildman–Crippen MR) is 103 cm³/mol. The van der Waals surface area contributed by atoms with Crippen molar-refractivity contribution in [2.75, 3.05) is 17.7 Å². The Morgan fingerprint density at radius 3 is 2.41 bits per heavy atom. The first kappa shape index (κ1) is 18.3. The normalized spacial score (nSPS) is 12.9. The standard InChI is InChI=1S/C18H17N9O2/c1-19-17(28)14-13(6-22-9-24-14)27-18(29)15-16(25-11-4-20-8-21-5-11)23-7-12(26-15)10-2-3-10/h4-10H,2-3H2,1H3,(H,19,28)(H,23,25)(H,27,29). The second kappa shape index (κ2) is 7.92. The summed E-state index contributed by atoms with van der Waals surface area (Å²) in [5.41, 5.74) is 1.62. The molecule has 11 heteroatoms. The third-order valence-electron chi connectivity index (χ3n) is 4.23. The summed E-state index contributed by atoms with van der Waals surface area (Å²) in [5, 5.41) is 8.14. The van der Waals surface area contributed by atoms with Crippen molar-refractivity contribution in [3.05, 3.63) is 54.5 Å². The number of nitrogens with one attached hydrogen (secondary N) is 3. The van der Waals surface area contributed by atoms with Crippen molar-refractivity contribution in [2.45, 2.75) is 18.8 Å². The predicted octanol–water partition coefficient (Wildman–Crippen LogP) is 1.29. The van der Waals surface area contributed by atoms with E-state index in [9.17, 15) is 9.59 Å². The summed E-state index contributed by atoms with van der Waals surface area (Å²) in [5.74, 6) is -0.427. The van der Waals surface area contributed by atoms with Crippen LogP contribution in [0.2, 0.25) is 0 Å². The lowest BCUT2D eigenvalue weighted by Crippen LogP contribution is -2.24. The molecular weight excluding hydrogens is 374 g/mol. The smallest absolute Gasteiger partial charge is 0.278 e. The lowest BCUT2D eigenvalue weighted by atomic mass is 10.2. The Morgan fingerprint density at radius 2 is 1.69 bits per heavy atom. The Balaban J connectivity index is 1.66. The zero-order chi connectivity index (χ0) is 20.2. The van der Waals surface area contributed by atoms with Crippen molar-refractivity contribution >= 4 is 29.0 Å². The molecule has 1 aliphatic rings. The van der Waals surface area contributed by atoms with E-state index in [-0.39, 0.29) is 22.9 Å². The summed E-state index contributed by atoms with van der Waals surface area (Å²) >= 11 is 0. The molecular formula is C18H17N9O2. The maximum absolute atomic E-state index is 13.0. The van der Waals surface area contributed by atoms with Crippen LogP contribution in [0, 0.1) is 0 Å². The number of carbonyl (C=O) groups is 2. The zero-order valence-electron chi connectivity index (χ0n) is 15.5. The molecule has 3 N–H and O–H groups in total. The van der Waals surface area contributed by atoms with Crippen LogP contribution >= 0.6 is 0 Å². The van der Waals surface area contributed by atoms with Crippen molar-refractivity contribution in [2.24, 2.45) is 0 Å². The number of amides is 2. The molecule has 3 heterocycles. The molecule has 0 radical (unpaired) electrons. The summed E-state index contributed by atoms with van der Waals surface area (Å²) in [6.07, 6.45) is 10.8. The van der Waals surface area contributed by atoms with E-state index in [0.717, 1.165) is 18.5 Å². The molecule has 0 bridgehead atoms. The minimum Gasteiger partial charge on any atom is -0.354 e. The molecule has 1 fully saturated rings. The van der Waals surface area contributed by atoms with E-state index in [0.29, 0.717) is 11.6 Å². The van der Waals surface area contributed by atoms with Crippen LogP contribution in [0.1, 0.15) is 45.4 Å². The molecule has 1 saturated carbocycles. The third kappa shape index (κ3) is 4.13. The van der Waals surface area contributed by atoms with Gasteiger partial charge in [0.25, 0.3) is 11.8 Å². The van der Waals surface area contributed by atoms with Gasteiger partial charge in [-0.2, -0.15) is 0 Å². The van der Waals surface area contributed by atoms with Gasteiger partial charge in [0.05, 0.1) is 41.9 Å². The summed E-state index contributed by atoms with van der Waals surface area (Å²) in [7, 11) is 1.48. The van der Waals surface area contributed by atoms with Crippen LogP contribution in [-0.4, -0.2) is 48.8 Å². The van der Waals surface area contributed by atoms with Crippen LogP contribution in [0.4, 0.5) is 17.2 Å². The molecule has 0 unspecified atom stereocenters. The second-order valence-corrected chi connectivity index (χ2v) is 6.34. The van der Waals surface area contributed by atoms with E-state index in [1.54, 1.807) is 18.6 Å². The number of aromatic nitrogens is 6. The highest BCUT2D eigenvalue weighted by Gasteiger charge is 2.28. The highest BCUT2D eigenvalue weighted by molar-refractivity contribution is 6.09. The quantitative estimate of drug-likeness (QED) is 0.565. The van der Waals surface area contributed by atoms with Gasteiger partial charge in [0.1, 0.15) is 12.7 Å². The van der Waals surface area contributed by atoms with Gasteiger partial charge in [-0.1, -0.05) is 0 Å². The van der Waals surface area contributed by atoms with Gasteiger partial charge >= 0.3 is 0 Å². The molecule has 0 saturated heterocycles. The highest BCUT2D eigenvalue weighted by atomic mass is 16.2. The fourth-order valence-electron chi connectivity index (χ4n) is 2.63. The molecule has 3 aromatic rings. The molecule has 0 aromatic carbocycles. The zero-order valence-corrected chi connectivity index (χ0v) is 15.5. The van der Waals surface area contributed by atoms with E-state index in [4.69, 9.17) is 0 Å². The largest absolute Gasteiger partial charge is 0.354 e. The molecule has 0 spiro atoms. The van der Waals surface area contributed by atoms with Crippen molar-refractivity contribution in [1.29, 1.82) is 0 Å². The topological polar surface area (TPSA) is 148 Å². The van der Waals surface area contributed by atoms with E-state index in [2.05, 4.69) is 45.9 Å². The number of anilines is 3. The number of hydrogen-bond donors (Lipinski definition) is 3. The molecule has 3 aromatic heterocycles. The maximum atomic E-state index is 13.0. The van der Waals surface area contributed by atoms with E-state index in [1.165, 1.54) is 25.9 Å². The van der Waals surface area contributed by atoms with Gasteiger partial charge in [-0.25, -0.2) is 29.9 Å². The minimum absolute atomic E-state index is 0.0492. The van der Waals surface area contributed by atoms with Crippen molar-refractivity contribution in [3.63, 3.8) is 0 Å². The van der Waals surface area contributed by atoms with Gasteiger partial charge < -0.3 is 16.0 Å². The van der Waals surface area contributed by atoms with Crippen LogP contribution in [-0.2, 0) is 0 Å². The first-order chi connectivity index (χ1) is 14.2. The van der Waals surface area contributed by atoms with E-state index >= 15 is 0 Å². The van der Waals surface area contributed by atoms with E-state index < -0.39 is 11.8 Å². The number of hydrogen-bond acceptors (Lipinski definition) is 9. The van der Waals surface area contributed by atoms with Crippen LogP contribution < -0.4 is 16.0 Å². The van der Waals surface area contributed by atoms with Gasteiger partial charge in [0.2, 0.25) is 0 Å². The first-order valence-electron chi connectivity index (χ1n) is 8.88.